The van der Waals surface area contributed by atoms with E-state index in [0.29, 0.717) is 12.5 Å². The van der Waals surface area contributed by atoms with E-state index in [1.54, 1.807) is 11.3 Å². The zero-order valence-corrected chi connectivity index (χ0v) is 13.6. The van der Waals surface area contributed by atoms with Gasteiger partial charge in [-0.15, -0.1) is 12.3 Å². The largest absolute Gasteiger partial charge is 0.340 e. The van der Waals surface area contributed by atoms with E-state index in [1.165, 1.54) is 5.56 Å². The summed E-state index contributed by atoms with van der Waals surface area (Å²) in [5, 5.41) is 4.34. The average Bonchev–Trinajstić information content (AvgIpc) is 3.05. The number of hydrogen-bond acceptors (Lipinski definition) is 3. The predicted molar refractivity (Wildman–Crippen MR) is 88.2 cm³/mol. The van der Waals surface area contributed by atoms with Crippen LogP contribution in [0.2, 0.25) is 0 Å². The maximum absolute atomic E-state index is 12.1. The molecule has 114 valence electrons. The van der Waals surface area contributed by atoms with Gasteiger partial charge in [0.05, 0.1) is 0 Å². The molecule has 4 heteroatoms. The fraction of sp³-hybridized carbons (Fsp3) is 0.588. The number of rotatable bonds is 6. The number of carbonyl (C=O) groups is 1. The maximum Gasteiger partial charge on any atom is 0.222 e. The number of thiophene rings is 1. The Kier molecular flexibility index (Phi) is 6.28. The van der Waals surface area contributed by atoms with E-state index < -0.39 is 0 Å². The molecule has 1 atom stereocenters. The summed E-state index contributed by atoms with van der Waals surface area (Å²) >= 11 is 1.75. The van der Waals surface area contributed by atoms with Crippen molar-refractivity contribution in [3.63, 3.8) is 0 Å². The number of nitrogens with zero attached hydrogens (tertiary/aromatic N) is 2. The van der Waals surface area contributed by atoms with Crippen molar-refractivity contribution in [1.29, 1.82) is 0 Å². The van der Waals surface area contributed by atoms with Crippen molar-refractivity contribution >= 4 is 17.2 Å². The van der Waals surface area contributed by atoms with Crippen molar-refractivity contribution in [1.82, 2.24) is 9.80 Å². The lowest BCUT2D eigenvalue weighted by Crippen LogP contribution is -2.49. The Bertz CT molecular complexity index is 469. The molecule has 1 aliphatic heterocycles. The van der Waals surface area contributed by atoms with Gasteiger partial charge in [-0.1, -0.05) is 0 Å². The lowest BCUT2D eigenvalue weighted by atomic mass is 10.1. The molecule has 1 aromatic heterocycles. The molecule has 0 radical (unpaired) electrons. The van der Waals surface area contributed by atoms with Crippen LogP contribution in [0.15, 0.2) is 16.8 Å². The fourth-order valence-corrected chi connectivity index (χ4v) is 3.49. The van der Waals surface area contributed by atoms with Crippen LogP contribution < -0.4 is 0 Å². The van der Waals surface area contributed by atoms with Crippen LogP contribution in [-0.2, 0) is 4.79 Å². The summed E-state index contributed by atoms with van der Waals surface area (Å²) in [5.74, 6) is 2.91. The Hall–Kier alpha value is -1.31. The minimum Gasteiger partial charge on any atom is -0.340 e. The average molecular weight is 304 g/mol. The molecular formula is C17H24N2OS. The predicted octanol–water partition coefficient (Wildman–Crippen LogP) is 3.15. The van der Waals surface area contributed by atoms with Gasteiger partial charge in [-0.25, -0.2) is 0 Å². The molecular weight excluding hydrogens is 280 g/mol. The summed E-state index contributed by atoms with van der Waals surface area (Å²) < 4.78 is 0. The highest BCUT2D eigenvalue weighted by molar-refractivity contribution is 7.07. The first kappa shape index (κ1) is 16.1. The van der Waals surface area contributed by atoms with Crippen LogP contribution >= 0.6 is 11.3 Å². The minimum absolute atomic E-state index is 0.287. The zero-order valence-electron chi connectivity index (χ0n) is 12.8. The number of piperazine rings is 1. The van der Waals surface area contributed by atoms with Gasteiger partial charge in [-0.2, -0.15) is 11.3 Å². The van der Waals surface area contributed by atoms with Crippen LogP contribution in [0.5, 0.6) is 0 Å². The molecule has 0 spiro atoms. The molecule has 1 unspecified atom stereocenters. The zero-order chi connectivity index (χ0) is 15.1. The molecule has 1 aromatic rings. The quantitative estimate of drug-likeness (QED) is 0.595. The minimum atomic E-state index is 0.287. The van der Waals surface area contributed by atoms with Gasteiger partial charge < -0.3 is 4.90 Å². The first-order valence-electron chi connectivity index (χ1n) is 7.69. The van der Waals surface area contributed by atoms with Gasteiger partial charge in [0.15, 0.2) is 0 Å². The smallest absolute Gasteiger partial charge is 0.222 e. The molecule has 1 saturated heterocycles. The molecule has 0 saturated carbocycles. The monoisotopic (exact) mass is 304 g/mol. The van der Waals surface area contributed by atoms with E-state index >= 15 is 0 Å². The van der Waals surface area contributed by atoms with Crippen molar-refractivity contribution in [3.05, 3.63) is 22.4 Å². The molecule has 21 heavy (non-hydrogen) atoms. The van der Waals surface area contributed by atoms with Crippen molar-refractivity contribution in [2.45, 2.75) is 38.6 Å². The van der Waals surface area contributed by atoms with E-state index in [9.17, 15) is 4.79 Å². The molecule has 1 aliphatic rings. The molecule has 1 fully saturated rings. The molecule has 0 aromatic carbocycles. The van der Waals surface area contributed by atoms with Crippen LogP contribution in [0.3, 0.4) is 0 Å². The molecule has 3 nitrogen and oxygen atoms in total. The maximum atomic E-state index is 12.1. The summed E-state index contributed by atoms with van der Waals surface area (Å²) in [6, 6.07) is 2.64. The first-order chi connectivity index (χ1) is 10.2. The molecule has 1 amide bonds. The second-order valence-electron chi connectivity index (χ2n) is 5.56. The topological polar surface area (TPSA) is 23.6 Å². The lowest BCUT2D eigenvalue weighted by molar-refractivity contribution is -0.133. The van der Waals surface area contributed by atoms with Crippen molar-refractivity contribution in [2.75, 3.05) is 26.2 Å². The molecule has 2 rings (SSSR count). The Labute approximate surface area is 131 Å². The highest BCUT2D eigenvalue weighted by atomic mass is 32.1. The van der Waals surface area contributed by atoms with Gasteiger partial charge in [0.25, 0.3) is 0 Å². The molecule has 2 heterocycles. The van der Waals surface area contributed by atoms with Gasteiger partial charge >= 0.3 is 0 Å². The third-order valence-corrected chi connectivity index (χ3v) is 4.90. The molecule has 0 N–H and O–H groups in total. The number of hydrogen-bond donors (Lipinski definition) is 0. The van der Waals surface area contributed by atoms with E-state index in [4.69, 9.17) is 6.42 Å². The number of terminal acetylenes is 1. The normalized spacial score (nSPS) is 17.4. The number of amides is 1. The van der Waals surface area contributed by atoms with Crippen LogP contribution in [0.1, 0.15) is 44.2 Å². The van der Waals surface area contributed by atoms with E-state index in [2.05, 4.69) is 34.6 Å². The van der Waals surface area contributed by atoms with Gasteiger partial charge in [0, 0.05) is 45.1 Å². The Morgan fingerprint density at radius 1 is 1.38 bits per heavy atom. The second-order valence-corrected chi connectivity index (χ2v) is 6.34. The summed E-state index contributed by atoms with van der Waals surface area (Å²) in [5.41, 5.74) is 1.38. The van der Waals surface area contributed by atoms with E-state index in [-0.39, 0.29) is 5.91 Å². The van der Waals surface area contributed by atoms with Gasteiger partial charge in [0.2, 0.25) is 5.91 Å². The highest BCUT2D eigenvalue weighted by Gasteiger charge is 2.24. The molecule has 0 aliphatic carbocycles. The van der Waals surface area contributed by atoms with E-state index in [0.717, 1.165) is 45.4 Å². The number of carbonyl (C=O) groups excluding carboxylic acids is 1. The summed E-state index contributed by atoms with van der Waals surface area (Å²) in [7, 11) is 0. The van der Waals surface area contributed by atoms with Crippen molar-refractivity contribution in [3.8, 4) is 12.3 Å². The van der Waals surface area contributed by atoms with Crippen LogP contribution in [-0.4, -0.2) is 41.9 Å². The summed E-state index contributed by atoms with van der Waals surface area (Å²) in [6.45, 7) is 5.88. The van der Waals surface area contributed by atoms with Crippen LogP contribution in [0, 0.1) is 12.3 Å². The Balaban J connectivity index is 1.73. The lowest BCUT2D eigenvalue weighted by Gasteiger charge is -2.38. The third-order valence-electron chi connectivity index (χ3n) is 4.20. The number of unbranched alkanes of at least 4 members (excludes halogenated alkanes) is 2. The SMILES string of the molecule is C#CCCCCC(=O)N1CCN(C(C)c2ccsc2)CC1. The Morgan fingerprint density at radius 2 is 2.14 bits per heavy atom. The van der Waals surface area contributed by atoms with Crippen LogP contribution in [0.4, 0.5) is 0 Å². The fourth-order valence-electron chi connectivity index (χ4n) is 2.74. The summed E-state index contributed by atoms with van der Waals surface area (Å²) in [4.78, 5) is 16.6. The van der Waals surface area contributed by atoms with Gasteiger partial charge in [-0.05, 0) is 42.2 Å². The molecule has 0 bridgehead atoms. The first-order valence-corrected chi connectivity index (χ1v) is 8.64. The third kappa shape index (κ3) is 4.59. The van der Waals surface area contributed by atoms with E-state index in [1.807, 2.05) is 4.90 Å². The van der Waals surface area contributed by atoms with Gasteiger partial charge in [-0.3, -0.25) is 9.69 Å². The van der Waals surface area contributed by atoms with Crippen molar-refractivity contribution in [2.24, 2.45) is 0 Å². The van der Waals surface area contributed by atoms with Crippen molar-refractivity contribution < 1.29 is 4.79 Å². The highest BCUT2D eigenvalue weighted by Crippen LogP contribution is 2.23. The summed E-state index contributed by atoms with van der Waals surface area (Å²) in [6.07, 6.45) is 8.51. The second kappa shape index (κ2) is 8.21. The Morgan fingerprint density at radius 3 is 2.76 bits per heavy atom. The van der Waals surface area contributed by atoms with Crippen LogP contribution in [0.25, 0.3) is 0 Å². The standard InChI is InChI=1S/C17H24N2OS/c1-3-4-5-6-7-17(20)19-11-9-18(10-12-19)15(2)16-8-13-21-14-16/h1,8,13-15H,4-7,9-12H2,2H3. The van der Waals surface area contributed by atoms with Gasteiger partial charge in [0.1, 0.15) is 0 Å².